The highest BCUT2D eigenvalue weighted by Gasteiger charge is 2.21. The van der Waals surface area contributed by atoms with Crippen molar-refractivity contribution in [1.82, 2.24) is 9.88 Å². The molecule has 1 aromatic carbocycles. The molecule has 2 amide bonds. The second-order valence-corrected chi connectivity index (χ2v) is 7.96. The summed E-state index contributed by atoms with van der Waals surface area (Å²) in [5, 5.41) is 2.90. The molecule has 2 aromatic rings. The Labute approximate surface area is 177 Å². The number of piperidine rings is 1. The molecule has 0 spiro atoms. The Balaban J connectivity index is 1.26. The Kier molecular flexibility index (Phi) is 6.52. The van der Waals surface area contributed by atoms with Crippen molar-refractivity contribution in [1.29, 1.82) is 0 Å². The van der Waals surface area contributed by atoms with Crippen molar-refractivity contribution < 1.29 is 14.3 Å². The number of hydrogen-bond acceptors (Lipinski definition) is 4. The summed E-state index contributed by atoms with van der Waals surface area (Å²) in [6, 6.07) is 11.7. The lowest BCUT2D eigenvalue weighted by atomic mass is 10.0. The lowest BCUT2D eigenvalue weighted by Crippen LogP contribution is -2.39. The van der Waals surface area contributed by atoms with E-state index in [-0.39, 0.29) is 6.03 Å². The van der Waals surface area contributed by atoms with E-state index in [1.54, 1.807) is 25.4 Å². The number of nitrogens with one attached hydrogen (secondary N) is 1. The minimum atomic E-state index is -0.0907. The Morgan fingerprint density at radius 1 is 1.23 bits per heavy atom. The third-order valence-electron chi connectivity index (χ3n) is 5.61. The topological polar surface area (TPSA) is 63.7 Å². The molecule has 1 aliphatic carbocycles. The van der Waals surface area contributed by atoms with E-state index in [1.807, 2.05) is 17.0 Å². The quantitative estimate of drug-likeness (QED) is 0.703. The standard InChI is InChI=1S/C24H29N3O3/c1-29-23-8-7-21(17-25-23)26-24(28)27-12-9-19(10-13-27)15-20-3-2-4-22(16-20)30-14-11-18-5-6-18/h2-4,7-8,15-18H,5-6,9-14H2,1H3,(H,26,28). The van der Waals surface area contributed by atoms with Crippen molar-refractivity contribution in [3.05, 3.63) is 53.7 Å². The Morgan fingerprint density at radius 2 is 2.07 bits per heavy atom. The predicted molar refractivity (Wildman–Crippen MR) is 118 cm³/mol. The third-order valence-corrected chi connectivity index (χ3v) is 5.61. The normalized spacial score (nSPS) is 16.2. The fraction of sp³-hybridized carbons (Fsp3) is 0.417. The van der Waals surface area contributed by atoms with Crippen LogP contribution in [0.25, 0.3) is 6.08 Å². The summed E-state index contributed by atoms with van der Waals surface area (Å²) >= 11 is 0. The summed E-state index contributed by atoms with van der Waals surface area (Å²) in [4.78, 5) is 18.5. The van der Waals surface area contributed by atoms with Crippen molar-refractivity contribution in [3.8, 4) is 11.6 Å². The van der Waals surface area contributed by atoms with Gasteiger partial charge in [-0.1, -0.05) is 36.6 Å². The maximum absolute atomic E-state index is 12.5. The fourth-order valence-electron chi connectivity index (χ4n) is 3.60. The van der Waals surface area contributed by atoms with E-state index in [0.29, 0.717) is 24.7 Å². The number of nitrogens with zero attached hydrogens (tertiary/aromatic N) is 2. The largest absolute Gasteiger partial charge is 0.494 e. The molecule has 1 N–H and O–H groups in total. The van der Waals surface area contributed by atoms with E-state index < -0.39 is 0 Å². The van der Waals surface area contributed by atoms with Gasteiger partial charge in [0.05, 0.1) is 25.6 Å². The van der Waals surface area contributed by atoms with Crippen LogP contribution in [0.4, 0.5) is 10.5 Å². The minimum absolute atomic E-state index is 0.0907. The van der Waals surface area contributed by atoms with E-state index in [0.717, 1.165) is 43.1 Å². The van der Waals surface area contributed by atoms with Gasteiger partial charge >= 0.3 is 6.03 Å². The number of methoxy groups -OCH3 is 1. The van der Waals surface area contributed by atoms with Crippen LogP contribution < -0.4 is 14.8 Å². The molecule has 0 bridgehead atoms. The molecule has 2 fully saturated rings. The van der Waals surface area contributed by atoms with E-state index in [2.05, 4.69) is 28.5 Å². The second-order valence-electron chi connectivity index (χ2n) is 7.96. The highest BCUT2D eigenvalue weighted by atomic mass is 16.5. The van der Waals surface area contributed by atoms with Crippen molar-refractivity contribution in [2.75, 3.05) is 32.1 Å². The molecule has 0 radical (unpaired) electrons. The van der Waals surface area contributed by atoms with Gasteiger partial charge in [0.1, 0.15) is 5.75 Å². The number of ether oxygens (including phenoxy) is 2. The van der Waals surface area contributed by atoms with Crippen LogP contribution in [0.1, 0.15) is 37.7 Å². The number of pyridine rings is 1. The molecular weight excluding hydrogens is 378 g/mol. The van der Waals surface area contributed by atoms with Crippen LogP contribution in [0.5, 0.6) is 11.6 Å². The van der Waals surface area contributed by atoms with Crippen LogP contribution in [-0.2, 0) is 0 Å². The average molecular weight is 408 g/mol. The number of likely N-dealkylation sites (tertiary alicyclic amines) is 1. The first kappa shape index (κ1) is 20.3. The summed E-state index contributed by atoms with van der Waals surface area (Å²) in [5.74, 6) is 2.35. The first-order valence-corrected chi connectivity index (χ1v) is 10.7. The maximum Gasteiger partial charge on any atom is 0.321 e. The van der Waals surface area contributed by atoms with E-state index in [9.17, 15) is 4.79 Å². The molecular formula is C24H29N3O3. The molecule has 1 aliphatic heterocycles. The Bertz CT molecular complexity index is 881. The van der Waals surface area contributed by atoms with E-state index in [1.165, 1.54) is 18.4 Å². The molecule has 1 aromatic heterocycles. The van der Waals surface area contributed by atoms with Gasteiger partial charge in [0, 0.05) is 19.2 Å². The molecule has 4 rings (SSSR count). The van der Waals surface area contributed by atoms with Gasteiger partial charge in [0.15, 0.2) is 0 Å². The van der Waals surface area contributed by atoms with Gasteiger partial charge in [-0.25, -0.2) is 9.78 Å². The van der Waals surface area contributed by atoms with Crippen LogP contribution in [0, 0.1) is 5.92 Å². The zero-order chi connectivity index (χ0) is 20.8. The monoisotopic (exact) mass is 407 g/mol. The first-order valence-electron chi connectivity index (χ1n) is 10.7. The van der Waals surface area contributed by atoms with Crippen LogP contribution in [0.3, 0.4) is 0 Å². The molecule has 2 aliphatic rings. The Morgan fingerprint density at radius 3 is 2.77 bits per heavy atom. The fourth-order valence-corrected chi connectivity index (χ4v) is 3.60. The molecule has 1 saturated heterocycles. The van der Waals surface area contributed by atoms with Gasteiger partial charge in [0.2, 0.25) is 5.88 Å². The molecule has 6 heteroatoms. The van der Waals surface area contributed by atoms with Gasteiger partial charge in [-0.3, -0.25) is 0 Å². The van der Waals surface area contributed by atoms with Crippen molar-refractivity contribution in [2.45, 2.75) is 32.1 Å². The van der Waals surface area contributed by atoms with E-state index >= 15 is 0 Å². The number of amides is 2. The summed E-state index contributed by atoms with van der Waals surface area (Å²) in [6.07, 6.45) is 9.48. The molecule has 6 nitrogen and oxygen atoms in total. The summed E-state index contributed by atoms with van der Waals surface area (Å²) in [5.41, 5.74) is 3.19. The summed E-state index contributed by atoms with van der Waals surface area (Å²) in [6.45, 7) is 2.22. The number of carbonyl (C=O) groups is 1. The van der Waals surface area contributed by atoms with Gasteiger partial charge in [-0.2, -0.15) is 0 Å². The zero-order valence-corrected chi connectivity index (χ0v) is 17.5. The van der Waals surface area contributed by atoms with Crippen molar-refractivity contribution in [2.24, 2.45) is 5.92 Å². The lowest BCUT2D eigenvalue weighted by molar-refractivity contribution is 0.208. The maximum atomic E-state index is 12.5. The second kappa shape index (κ2) is 9.65. The van der Waals surface area contributed by atoms with Gasteiger partial charge in [-0.15, -0.1) is 0 Å². The third kappa shape index (κ3) is 5.75. The van der Waals surface area contributed by atoms with E-state index in [4.69, 9.17) is 9.47 Å². The molecule has 2 heterocycles. The van der Waals surface area contributed by atoms with Crippen molar-refractivity contribution in [3.63, 3.8) is 0 Å². The smallest absolute Gasteiger partial charge is 0.321 e. The average Bonchev–Trinajstić information content (AvgIpc) is 3.59. The highest BCUT2D eigenvalue weighted by Crippen LogP contribution is 2.32. The van der Waals surface area contributed by atoms with Gasteiger partial charge in [0.25, 0.3) is 0 Å². The zero-order valence-electron chi connectivity index (χ0n) is 17.5. The molecule has 158 valence electrons. The first-order chi connectivity index (χ1) is 14.7. The molecule has 1 saturated carbocycles. The number of carbonyl (C=O) groups excluding carboxylic acids is 1. The number of anilines is 1. The van der Waals surface area contributed by atoms with Gasteiger partial charge in [-0.05, 0) is 48.9 Å². The van der Waals surface area contributed by atoms with Crippen molar-refractivity contribution >= 4 is 17.8 Å². The molecule has 30 heavy (non-hydrogen) atoms. The molecule has 0 atom stereocenters. The molecule has 0 unspecified atom stereocenters. The Hall–Kier alpha value is -3.02. The van der Waals surface area contributed by atoms with Crippen LogP contribution in [0.15, 0.2) is 48.2 Å². The number of rotatable bonds is 7. The lowest BCUT2D eigenvalue weighted by Gasteiger charge is -2.28. The van der Waals surface area contributed by atoms with Gasteiger partial charge < -0.3 is 19.7 Å². The predicted octanol–water partition coefficient (Wildman–Crippen LogP) is 4.98. The van der Waals surface area contributed by atoms with Crippen LogP contribution >= 0.6 is 0 Å². The number of aromatic nitrogens is 1. The number of hydrogen-bond donors (Lipinski definition) is 1. The number of urea groups is 1. The summed E-state index contributed by atoms with van der Waals surface area (Å²) in [7, 11) is 1.57. The SMILES string of the molecule is COc1ccc(NC(=O)N2CCC(=Cc3cccc(OCCC4CC4)c3)CC2)cn1. The summed E-state index contributed by atoms with van der Waals surface area (Å²) < 4.78 is 10.9. The number of benzene rings is 1. The minimum Gasteiger partial charge on any atom is -0.494 e. The highest BCUT2D eigenvalue weighted by molar-refractivity contribution is 5.89. The van der Waals surface area contributed by atoms with Crippen LogP contribution in [0.2, 0.25) is 0 Å². The van der Waals surface area contributed by atoms with Crippen LogP contribution in [-0.4, -0.2) is 42.7 Å².